The standard InChI is InChI=1S/C20H22N2O5/c1-12-3-5-17(27-12)15-10-22(11-16(15)21-13(2)23)20(24)14-4-6-18-19(9-14)26-8-7-25-18/h3-6,9,15-16H,7-8,10-11H2,1-2H3,(H,21,23). The van der Waals surface area contributed by atoms with E-state index in [2.05, 4.69) is 5.32 Å². The number of fused-ring (bicyclic) bond motifs is 1. The first kappa shape index (κ1) is 17.5. The fourth-order valence-electron chi connectivity index (χ4n) is 3.68. The number of likely N-dealkylation sites (tertiary alicyclic amines) is 1. The van der Waals surface area contributed by atoms with E-state index >= 15 is 0 Å². The van der Waals surface area contributed by atoms with Gasteiger partial charge < -0.3 is 24.1 Å². The number of amides is 2. The molecule has 1 aromatic carbocycles. The van der Waals surface area contributed by atoms with Crippen LogP contribution in [0.2, 0.25) is 0 Å². The highest BCUT2D eigenvalue weighted by Crippen LogP contribution is 2.33. The van der Waals surface area contributed by atoms with Gasteiger partial charge in [0.1, 0.15) is 24.7 Å². The number of benzene rings is 1. The summed E-state index contributed by atoms with van der Waals surface area (Å²) in [4.78, 5) is 26.4. The first-order valence-electron chi connectivity index (χ1n) is 9.03. The van der Waals surface area contributed by atoms with Gasteiger partial charge >= 0.3 is 0 Å². The zero-order chi connectivity index (χ0) is 19.0. The van der Waals surface area contributed by atoms with Crippen molar-refractivity contribution < 1.29 is 23.5 Å². The van der Waals surface area contributed by atoms with Crippen LogP contribution in [0.15, 0.2) is 34.7 Å². The topological polar surface area (TPSA) is 81.0 Å². The van der Waals surface area contributed by atoms with Gasteiger partial charge in [0.25, 0.3) is 5.91 Å². The Labute approximate surface area is 157 Å². The van der Waals surface area contributed by atoms with Crippen molar-refractivity contribution in [2.75, 3.05) is 26.3 Å². The molecule has 27 heavy (non-hydrogen) atoms. The number of carbonyl (C=O) groups excluding carboxylic acids is 2. The Hall–Kier alpha value is -2.96. The molecule has 2 aliphatic rings. The molecule has 1 saturated heterocycles. The molecular formula is C20H22N2O5. The minimum Gasteiger partial charge on any atom is -0.486 e. The fraction of sp³-hybridized carbons (Fsp3) is 0.400. The molecule has 0 aliphatic carbocycles. The smallest absolute Gasteiger partial charge is 0.254 e. The van der Waals surface area contributed by atoms with Crippen LogP contribution in [0, 0.1) is 6.92 Å². The third-order valence-electron chi connectivity index (χ3n) is 4.91. The summed E-state index contributed by atoms with van der Waals surface area (Å²) in [6.45, 7) is 5.25. The molecule has 2 amide bonds. The van der Waals surface area contributed by atoms with Crippen molar-refractivity contribution in [3.05, 3.63) is 47.4 Å². The van der Waals surface area contributed by atoms with E-state index in [-0.39, 0.29) is 23.8 Å². The van der Waals surface area contributed by atoms with Gasteiger partial charge in [-0.3, -0.25) is 9.59 Å². The quantitative estimate of drug-likeness (QED) is 0.895. The minimum atomic E-state index is -0.186. The molecule has 2 aromatic rings. The van der Waals surface area contributed by atoms with E-state index in [0.717, 1.165) is 11.5 Å². The molecule has 0 bridgehead atoms. The first-order chi connectivity index (χ1) is 13.0. The lowest BCUT2D eigenvalue weighted by Crippen LogP contribution is -2.39. The summed E-state index contributed by atoms with van der Waals surface area (Å²) in [5.74, 6) is 2.52. The molecule has 1 fully saturated rings. The number of carbonyl (C=O) groups is 2. The SMILES string of the molecule is CC(=O)NC1CN(C(=O)c2ccc3c(c2)OCCO3)CC1c1ccc(C)o1. The lowest BCUT2D eigenvalue weighted by molar-refractivity contribution is -0.119. The van der Waals surface area contributed by atoms with E-state index in [4.69, 9.17) is 13.9 Å². The second kappa shape index (κ2) is 6.98. The zero-order valence-corrected chi connectivity index (χ0v) is 15.4. The summed E-state index contributed by atoms with van der Waals surface area (Å²) < 4.78 is 16.8. The summed E-state index contributed by atoms with van der Waals surface area (Å²) in [5, 5.41) is 2.95. The highest BCUT2D eigenvalue weighted by molar-refractivity contribution is 5.95. The highest BCUT2D eigenvalue weighted by atomic mass is 16.6. The highest BCUT2D eigenvalue weighted by Gasteiger charge is 2.38. The number of nitrogens with zero attached hydrogens (tertiary/aromatic N) is 1. The molecule has 4 rings (SSSR count). The van der Waals surface area contributed by atoms with E-state index in [9.17, 15) is 9.59 Å². The molecule has 1 aromatic heterocycles. The Morgan fingerprint density at radius 1 is 1.07 bits per heavy atom. The van der Waals surface area contributed by atoms with Gasteiger partial charge in [0.2, 0.25) is 5.91 Å². The van der Waals surface area contributed by atoms with Crippen molar-refractivity contribution >= 4 is 11.8 Å². The molecule has 7 nitrogen and oxygen atoms in total. The minimum absolute atomic E-state index is 0.0799. The normalized spacial score (nSPS) is 21.2. The monoisotopic (exact) mass is 370 g/mol. The third-order valence-corrected chi connectivity index (χ3v) is 4.91. The molecule has 2 atom stereocenters. The maximum absolute atomic E-state index is 13.0. The van der Waals surface area contributed by atoms with Gasteiger partial charge in [-0.05, 0) is 37.3 Å². The van der Waals surface area contributed by atoms with Crippen LogP contribution < -0.4 is 14.8 Å². The van der Waals surface area contributed by atoms with Crippen LogP contribution in [-0.2, 0) is 4.79 Å². The summed E-state index contributed by atoms with van der Waals surface area (Å²) in [5.41, 5.74) is 0.539. The van der Waals surface area contributed by atoms with Gasteiger partial charge in [0.15, 0.2) is 11.5 Å². The summed E-state index contributed by atoms with van der Waals surface area (Å²) >= 11 is 0. The summed E-state index contributed by atoms with van der Waals surface area (Å²) in [6, 6.07) is 8.84. The second-order valence-electron chi connectivity index (χ2n) is 6.93. The third kappa shape index (κ3) is 3.49. The molecule has 1 N–H and O–H groups in total. The Balaban J connectivity index is 1.56. The Morgan fingerprint density at radius 2 is 1.85 bits per heavy atom. The van der Waals surface area contributed by atoms with Crippen LogP contribution in [0.5, 0.6) is 11.5 Å². The maximum Gasteiger partial charge on any atom is 0.254 e. The molecule has 7 heteroatoms. The Bertz CT molecular complexity index is 875. The van der Waals surface area contributed by atoms with Crippen LogP contribution >= 0.6 is 0 Å². The fourth-order valence-corrected chi connectivity index (χ4v) is 3.68. The lowest BCUT2D eigenvalue weighted by Gasteiger charge is -2.20. The van der Waals surface area contributed by atoms with Gasteiger partial charge in [-0.15, -0.1) is 0 Å². The van der Waals surface area contributed by atoms with Gasteiger partial charge in [-0.1, -0.05) is 0 Å². The number of aryl methyl sites for hydroxylation is 1. The van der Waals surface area contributed by atoms with Crippen molar-refractivity contribution in [1.29, 1.82) is 0 Å². The average Bonchev–Trinajstić information content (AvgIpc) is 3.26. The van der Waals surface area contributed by atoms with Gasteiger partial charge in [0.05, 0.1) is 12.0 Å². The molecule has 2 unspecified atom stereocenters. The van der Waals surface area contributed by atoms with Gasteiger partial charge in [-0.25, -0.2) is 0 Å². The molecule has 2 aliphatic heterocycles. The van der Waals surface area contributed by atoms with Crippen molar-refractivity contribution in [2.24, 2.45) is 0 Å². The van der Waals surface area contributed by atoms with E-state index in [0.29, 0.717) is 43.4 Å². The Kier molecular flexibility index (Phi) is 4.51. The summed E-state index contributed by atoms with van der Waals surface area (Å²) in [6.07, 6.45) is 0. The van der Waals surface area contributed by atoms with Crippen molar-refractivity contribution in [1.82, 2.24) is 10.2 Å². The largest absolute Gasteiger partial charge is 0.486 e. The van der Waals surface area contributed by atoms with E-state index in [1.807, 2.05) is 19.1 Å². The molecule has 0 spiro atoms. The van der Waals surface area contributed by atoms with Crippen LogP contribution in [0.25, 0.3) is 0 Å². The number of hydrogen-bond acceptors (Lipinski definition) is 5. The number of ether oxygens (including phenoxy) is 2. The molecule has 0 saturated carbocycles. The summed E-state index contributed by atoms with van der Waals surface area (Å²) in [7, 11) is 0. The van der Waals surface area contributed by atoms with E-state index in [1.54, 1.807) is 23.1 Å². The van der Waals surface area contributed by atoms with Crippen LogP contribution in [-0.4, -0.2) is 49.1 Å². The number of nitrogens with one attached hydrogen (secondary N) is 1. The van der Waals surface area contributed by atoms with E-state index in [1.165, 1.54) is 6.92 Å². The second-order valence-corrected chi connectivity index (χ2v) is 6.93. The molecule has 3 heterocycles. The number of hydrogen-bond donors (Lipinski definition) is 1. The number of furan rings is 1. The molecule has 142 valence electrons. The Morgan fingerprint density at radius 3 is 2.56 bits per heavy atom. The van der Waals surface area contributed by atoms with Gasteiger partial charge in [0, 0.05) is 25.6 Å². The first-order valence-corrected chi connectivity index (χ1v) is 9.03. The number of rotatable bonds is 3. The van der Waals surface area contributed by atoms with Crippen LogP contribution in [0.1, 0.15) is 34.7 Å². The van der Waals surface area contributed by atoms with Gasteiger partial charge in [-0.2, -0.15) is 0 Å². The lowest BCUT2D eigenvalue weighted by atomic mass is 10.0. The van der Waals surface area contributed by atoms with E-state index < -0.39 is 0 Å². The zero-order valence-electron chi connectivity index (χ0n) is 15.4. The predicted molar refractivity (Wildman–Crippen MR) is 97.1 cm³/mol. The van der Waals surface area contributed by atoms with Crippen molar-refractivity contribution in [2.45, 2.75) is 25.8 Å². The predicted octanol–water partition coefficient (Wildman–Crippen LogP) is 2.10. The van der Waals surface area contributed by atoms with Crippen molar-refractivity contribution in [3.8, 4) is 11.5 Å². The van der Waals surface area contributed by atoms with Crippen molar-refractivity contribution in [3.63, 3.8) is 0 Å². The average molecular weight is 370 g/mol. The maximum atomic E-state index is 13.0. The van der Waals surface area contributed by atoms with Crippen LogP contribution in [0.4, 0.5) is 0 Å². The van der Waals surface area contributed by atoms with Crippen LogP contribution in [0.3, 0.4) is 0 Å². The molecule has 0 radical (unpaired) electrons. The molecular weight excluding hydrogens is 348 g/mol.